The van der Waals surface area contributed by atoms with Crippen LogP contribution in [0.1, 0.15) is 17.2 Å². The second kappa shape index (κ2) is 4.81. The van der Waals surface area contributed by atoms with Gasteiger partial charge in [-0.25, -0.2) is 9.59 Å². The maximum Gasteiger partial charge on any atom is 0.418 e. The van der Waals surface area contributed by atoms with E-state index in [1.807, 2.05) is 48.5 Å². The van der Waals surface area contributed by atoms with E-state index in [4.69, 9.17) is 4.74 Å². The van der Waals surface area contributed by atoms with Gasteiger partial charge in [0.15, 0.2) is 6.10 Å². The lowest BCUT2D eigenvalue weighted by atomic mass is 10.1. The van der Waals surface area contributed by atoms with Crippen molar-refractivity contribution < 1.29 is 19.1 Å². The van der Waals surface area contributed by atoms with Crippen LogP contribution in [0.4, 0.5) is 0 Å². The molecule has 0 fully saturated rings. The quantitative estimate of drug-likeness (QED) is 0.589. The SMILES string of the molecule is COC(=O)C(=O)OC1c2ccccc2-c2ccccc21. The highest BCUT2D eigenvalue weighted by molar-refractivity contribution is 6.29. The summed E-state index contributed by atoms with van der Waals surface area (Å²) >= 11 is 0. The number of fused-ring (bicyclic) bond motifs is 3. The first kappa shape index (κ1) is 12.4. The summed E-state index contributed by atoms with van der Waals surface area (Å²) in [5.74, 6) is -1.98. The van der Waals surface area contributed by atoms with Crippen molar-refractivity contribution >= 4 is 11.9 Å². The average Bonchev–Trinajstić information content (AvgIpc) is 2.81. The maximum atomic E-state index is 11.7. The van der Waals surface area contributed by atoms with Crippen molar-refractivity contribution in [3.63, 3.8) is 0 Å². The summed E-state index contributed by atoms with van der Waals surface area (Å²) in [6.07, 6.45) is -0.561. The lowest BCUT2D eigenvalue weighted by molar-refractivity contribution is -0.168. The van der Waals surface area contributed by atoms with Gasteiger partial charge in [0.05, 0.1) is 7.11 Å². The number of ether oxygens (including phenoxy) is 2. The van der Waals surface area contributed by atoms with Crippen LogP contribution in [0.5, 0.6) is 0 Å². The maximum absolute atomic E-state index is 11.7. The summed E-state index contributed by atoms with van der Waals surface area (Å²) in [5, 5.41) is 0. The number of carbonyl (C=O) groups is 2. The Kier molecular flexibility index (Phi) is 2.99. The van der Waals surface area contributed by atoms with Gasteiger partial charge in [0.2, 0.25) is 0 Å². The second-order valence-corrected chi connectivity index (χ2v) is 4.45. The molecule has 0 saturated heterocycles. The highest BCUT2D eigenvalue weighted by Gasteiger charge is 2.32. The van der Waals surface area contributed by atoms with E-state index in [9.17, 15) is 9.59 Å². The van der Waals surface area contributed by atoms with E-state index in [0.29, 0.717) is 0 Å². The zero-order valence-corrected chi connectivity index (χ0v) is 10.8. The van der Waals surface area contributed by atoms with Crippen LogP contribution >= 0.6 is 0 Å². The van der Waals surface area contributed by atoms with E-state index in [2.05, 4.69) is 4.74 Å². The van der Waals surface area contributed by atoms with Gasteiger partial charge in [-0.15, -0.1) is 0 Å². The first-order valence-electron chi connectivity index (χ1n) is 6.19. The Balaban J connectivity index is 2.03. The van der Waals surface area contributed by atoms with Gasteiger partial charge >= 0.3 is 11.9 Å². The number of hydrogen-bond donors (Lipinski definition) is 0. The molecule has 20 heavy (non-hydrogen) atoms. The molecule has 0 spiro atoms. The van der Waals surface area contributed by atoms with Gasteiger partial charge in [0, 0.05) is 11.1 Å². The van der Waals surface area contributed by atoms with Gasteiger partial charge < -0.3 is 9.47 Å². The third kappa shape index (κ3) is 1.86. The number of hydrogen-bond acceptors (Lipinski definition) is 4. The fourth-order valence-electron chi connectivity index (χ4n) is 2.47. The van der Waals surface area contributed by atoms with Gasteiger partial charge in [-0.2, -0.15) is 0 Å². The molecule has 0 aromatic heterocycles. The first-order valence-corrected chi connectivity index (χ1v) is 6.19. The molecular weight excluding hydrogens is 256 g/mol. The smallest absolute Gasteiger partial charge is 0.418 e. The zero-order valence-electron chi connectivity index (χ0n) is 10.8. The number of rotatable bonds is 1. The van der Waals surface area contributed by atoms with Crippen LogP contribution in [0.3, 0.4) is 0 Å². The van der Waals surface area contributed by atoms with Crippen LogP contribution < -0.4 is 0 Å². The number of esters is 2. The van der Waals surface area contributed by atoms with Crippen LogP contribution in [0.25, 0.3) is 11.1 Å². The molecule has 0 amide bonds. The standard InChI is InChI=1S/C16H12O4/c1-19-15(17)16(18)20-14-12-8-4-2-6-10(12)11-7-3-5-9-13(11)14/h2-9,14H,1H3. The Hall–Kier alpha value is -2.62. The topological polar surface area (TPSA) is 52.6 Å². The predicted molar refractivity (Wildman–Crippen MR) is 71.8 cm³/mol. The fraction of sp³-hybridized carbons (Fsp3) is 0.125. The van der Waals surface area contributed by atoms with Crippen molar-refractivity contribution in [1.82, 2.24) is 0 Å². The molecule has 0 radical (unpaired) electrons. The molecule has 0 aliphatic heterocycles. The Morgan fingerprint density at radius 3 is 1.85 bits per heavy atom. The number of methoxy groups -OCH3 is 1. The predicted octanol–water partition coefficient (Wildman–Crippen LogP) is 2.47. The highest BCUT2D eigenvalue weighted by atomic mass is 16.6. The van der Waals surface area contributed by atoms with Crippen molar-refractivity contribution in [3.05, 3.63) is 59.7 Å². The summed E-state index contributed by atoms with van der Waals surface area (Å²) in [4.78, 5) is 22.9. The molecular formula is C16H12O4. The molecule has 0 heterocycles. The molecule has 3 rings (SSSR count). The summed E-state index contributed by atoms with van der Waals surface area (Å²) in [5.41, 5.74) is 3.80. The third-order valence-corrected chi connectivity index (χ3v) is 3.35. The normalized spacial score (nSPS) is 12.4. The minimum atomic E-state index is -0.994. The summed E-state index contributed by atoms with van der Waals surface area (Å²) in [6, 6.07) is 15.4. The van der Waals surface area contributed by atoms with Crippen LogP contribution in [0.2, 0.25) is 0 Å². The molecule has 4 nitrogen and oxygen atoms in total. The van der Waals surface area contributed by atoms with Crippen LogP contribution in [0.15, 0.2) is 48.5 Å². The minimum absolute atomic E-state index is 0.561. The first-order chi connectivity index (χ1) is 9.72. The molecule has 0 atom stereocenters. The molecule has 1 aliphatic rings. The van der Waals surface area contributed by atoms with Gasteiger partial charge in [-0.3, -0.25) is 0 Å². The summed E-state index contributed by atoms with van der Waals surface area (Å²) in [6.45, 7) is 0. The Labute approximate surface area is 115 Å². The molecule has 2 aromatic rings. The lowest BCUT2D eigenvalue weighted by Crippen LogP contribution is -2.21. The van der Waals surface area contributed by atoms with Crippen LogP contribution in [-0.2, 0) is 19.1 Å². The Morgan fingerprint density at radius 1 is 0.850 bits per heavy atom. The molecule has 0 saturated carbocycles. The van der Waals surface area contributed by atoms with Crippen molar-refractivity contribution in [2.24, 2.45) is 0 Å². The largest absolute Gasteiger partial charge is 0.461 e. The van der Waals surface area contributed by atoms with E-state index in [1.54, 1.807) is 0 Å². The summed E-state index contributed by atoms with van der Waals surface area (Å²) in [7, 11) is 1.15. The molecule has 4 heteroatoms. The average molecular weight is 268 g/mol. The monoisotopic (exact) mass is 268 g/mol. The molecule has 100 valence electrons. The zero-order chi connectivity index (χ0) is 14.1. The van der Waals surface area contributed by atoms with E-state index in [0.717, 1.165) is 29.4 Å². The second-order valence-electron chi connectivity index (χ2n) is 4.45. The number of carbonyl (C=O) groups excluding carboxylic acids is 2. The molecule has 1 aliphatic carbocycles. The molecule has 0 unspecified atom stereocenters. The van der Waals surface area contributed by atoms with E-state index in [-0.39, 0.29) is 0 Å². The van der Waals surface area contributed by atoms with Crippen molar-refractivity contribution in [1.29, 1.82) is 0 Å². The Morgan fingerprint density at radius 2 is 1.35 bits per heavy atom. The van der Waals surface area contributed by atoms with Crippen molar-refractivity contribution in [3.8, 4) is 11.1 Å². The molecule has 2 aromatic carbocycles. The van der Waals surface area contributed by atoms with E-state index < -0.39 is 18.0 Å². The van der Waals surface area contributed by atoms with E-state index >= 15 is 0 Å². The fourth-order valence-corrected chi connectivity index (χ4v) is 2.47. The van der Waals surface area contributed by atoms with Gasteiger partial charge in [-0.05, 0) is 11.1 Å². The molecule has 0 N–H and O–H groups in total. The van der Waals surface area contributed by atoms with E-state index in [1.165, 1.54) is 0 Å². The van der Waals surface area contributed by atoms with Gasteiger partial charge in [-0.1, -0.05) is 48.5 Å². The number of benzene rings is 2. The van der Waals surface area contributed by atoms with Crippen LogP contribution in [0, 0.1) is 0 Å². The molecule has 0 bridgehead atoms. The minimum Gasteiger partial charge on any atom is -0.461 e. The van der Waals surface area contributed by atoms with Gasteiger partial charge in [0.25, 0.3) is 0 Å². The van der Waals surface area contributed by atoms with Crippen LogP contribution in [-0.4, -0.2) is 19.0 Å². The van der Waals surface area contributed by atoms with Crippen molar-refractivity contribution in [2.75, 3.05) is 7.11 Å². The lowest BCUT2D eigenvalue weighted by Gasteiger charge is -2.13. The highest BCUT2D eigenvalue weighted by Crippen LogP contribution is 2.44. The third-order valence-electron chi connectivity index (χ3n) is 3.35. The summed E-state index contributed by atoms with van der Waals surface area (Å²) < 4.78 is 9.69. The van der Waals surface area contributed by atoms with Gasteiger partial charge in [0.1, 0.15) is 0 Å². The van der Waals surface area contributed by atoms with Crippen molar-refractivity contribution in [2.45, 2.75) is 6.10 Å². The Bertz CT molecular complexity index is 645.